The van der Waals surface area contributed by atoms with E-state index in [-0.39, 0.29) is 24.3 Å². The molecule has 0 aliphatic heterocycles. The van der Waals surface area contributed by atoms with Crippen LogP contribution in [0.2, 0.25) is 0 Å². The van der Waals surface area contributed by atoms with Gasteiger partial charge in [-0.15, -0.1) is 0 Å². The number of phenols is 2. The number of carboxylic acids is 1. The van der Waals surface area contributed by atoms with Gasteiger partial charge in [-0.3, -0.25) is 43.2 Å². The Bertz CT molecular complexity index is 2230. The van der Waals surface area contributed by atoms with E-state index in [1.54, 1.807) is 0 Å². The number of aliphatic hydroxyl groups excluding tert-OH is 5. The molecule has 0 aliphatic rings. The van der Waals surface area contributed by atoms with Crippen molar-refractivity contribution in [3.8, 4) is 11.5 Å². The summed E-state index contributed by atoms with van der Waals surface area (Å²) in [5, 5.41) is 97.3. The average Bonchev–Trinajstić information content (AvgIpc) is 3.33. The summed E-state index contributed by atoms with van der Waals surface area (Å²) >= 11 is 0. The van der Waals surface area contributed by atoms with Gasteiger partial charge in [0.25, 0.3) is 0 Å². The Hall–Kier alpha value is -7.50. The number of aliphatic hydroxyl groups is 5. The maximum atomic E-state index is 14.1. The van der Waals surface area contributed by atoms with Crippen molar-refractivity contribution in [3.05, 3.63) is 59.7 Å². The number of aliphatic carboxylic acids is 1. The second kappa shape index (κ2) is 29.7. The maximum absolute atomic E-state index is 14.1. The number of nitrogens with one attached hydrogen (secondary N) is 8. The van der Waals surface area contributed by atoms with Crippen molar-refractivity contribution in [2.24, 2.45) is 17.4 Å². The van der Waals surface area contributed by atoms with E-state index in [4.69, 9.17) is 11.5 Å². The van der Waals surface area contributed by atoms with Crippen LogP contribution in [-0.2, 0) is 60.8 Å². The van der Waals surface area contributed by atoms with Gasteiger partial charge < -0.3 is 94.9 Å². The summed E-state index contributed by atoms with van der Waals surface area (Å²) < 4.78 is 0. The van der Waals surface area contributed by atoms with Crippen LogP contribution in [0.25, 0.3) is 0 Å². The first-order valence-electron chi connectivity index (χ1n) is 22.7. The Morgan fingerprint density at radius 2 is 0.808 bits per heavy atom. The van der Waals surface area contributed by atoms with Crippen LogP contribution < -0.4 is 54.0 Å². The normalized spacial score (nSPS) is 15.7. The molecule has 0 heterocycles. The van der Waals surface area contributed by atoms with Crippen LogP contribution in [0.3, 0.4) is 0 Å². The smallest absolute Gasteiger partial charge is 0.328 e. The lowest BCUT2D eigenvalue weighted by Gasteiger charge is -2.29. The molecule has 20 N–H and O–H groups in total. The Morgan fingerprint density at radius 3 is 1.21 bits per heavy atom. The molecule has 2 rings (SSSR count). The number of primary amides is 1. The predicted molar refractivity (Wildman–Crippen MR) is 253 cm³/mol. The Morgan fingerprint density at radius 1 is 0.466 bits per heavy atom. The van der Waals surface area contributed by atoms with E-state index in [0.29, 0.717) is 11.1 Å². The Labute approximate surface area is 418 Å². The van der Waals surface area contributed by atoms with Gasteiger partial charge in [-0.1, -0.05) is 38.1 Å². The molecule has 2 aromatic rings. The molecule has 11 atom stereocenters. The van der Waals surface area contributed by atoms with Crippen molar-refractivity contribution in [1.82, 2.24) is 42.5 Å². The molecule has 28 heteroatoms. The number of carbonyl (C=O) groups excluding carboxylic acids is 9. The number of hydrogen-bond donors (Lipinski definition) is 18. The molecule has 0 fully saturated rings. The van der Waals surface area contributed by atoms with Gasteiger partial charge in [-0.25, -0.2) is 4.79 Å². The van der Waals surface area contributed by atoms with Crippen LogP contribution in [-0.4, -0.2) is 186 Å². The molecule has 9 amide bonds. The van der Waals surface area contributed by atoms with Crippen LogP contribution in [0, 0.1) is 5.92 Å². The van der Waals surface area contributed by atoms with Crippen molar-refractivity contribution in [2.45, 2.75) is 120 Å². The standard InChI is InChI=1S/C45H66N10O18/c1-20(2)34(43(70)52-31(18-57)41(68)49-29(15-23-5-9-25(61)10-6-23)40(67)55-36(22(4)60)45(72)73)53-39(66)30(16-24-7-11-26(62)12-8-24)50-44(71)35(21(3)59)54-42(69)32(19-58)51-38(65)28(13-14-33(47)63)48-37(64)27(46)17-56/h5-12,20-22,27-32,34-36,56-62H,13-19,46H2,1-4H3,(H2,47,63)(H,48,64)(H,49,68)(H,50,71)(H,51,65)(H,52,70)(H,53,66)(H,54,69)(H,55,67)(H,72,73)/t21-,22-,27+,28+,29+,30+,31+,32+,34+,35+,36+/m1/s1. The zero-order valence-electron chi connectivity index (χ0n) is 40.3. The molecule has 0 aromatic heterocycles. The second-order valence-electron chi connectivity index (χ2n) is 17.2. The third-order valence-corrected chi connectivity index (χ3v) is 10.9. The number of aromatic hydroxyl groups is 2. The lowest BCUT2D eigenvalue weighted by Crippen LogP contribution is -2.63. The van der Waals surface area contributed by atoms with E-state index in [0.717, 1.165) is 13.8 Å². The molecule has 0 unspecified atom stereocenters. The SMILES string of the molecule is CC(C)[C@H](NC(=O)[C@H](Cc1ccc(O)cc1)NC(=O)[C@@H](NC(=O)[C@H](CO)NC(=O)[C@H](CCC(N)=O)NC(=O)[C@@H](N)CO)[C@@H](C)O)C(=O)N[C@@H](CO)C(=O)N[C@@H](Cc1ccc(O)cc1)C(=O)N[C@H](C(=O)O)[C@@H](C)O. The van der Waals surface area contributed by atoms with Gasteiger partial charge in [0.1, 0.15) is 59.8 Å². The highest BCUT2D eigenvalue weighted by atomic mass is 16.4. The first-order chi connectivity index (χ1) is 34.2. The minimum atomic E-state index is -1.92. The van der Waals surface area contributed by atoms with Gasteiger partial charge in [0.05, 0.1) is 32.0 Å². The minimum Gasteiger partial charge on any atom is -0.508 e. The highest BCUT2D eigenvalue weighted by Gasteiger charge is 2.37. The molecule has 0 aliphatic carbocycles. The summed E-state index contributed by atoms with van der Waals surface area (Å²) in [6.45, 7) is 2.13. The van der Waals surface area contributed by atoms with Crippen LogP contribution >= 0.6 is 0 Å². The molecule has 28 nitrogen and oxygen atoms in total. The van der Waals surface area contributed by atoms with Gasteiger partial charge >= 0.3 is 5.97 Å². The Balaban J connectivity index is 2.38. The van der Waals surface area contributed by atoms with E-state index >= 15 is 0 Å². The molecular formula is C45H66N10O18. The van der Waals surface area contributed by atoms with Crippen molar-refractivity contribution >= 4 is 59.1 Å². The first kappa shape index (κ1) is 61.6. The van der Waals surface area contributed by atoms with Crippen LogP contribution in [0.1, 0.15) is 51.7 Å². The average molecular weight is 1040 g/mol. The fourth-order valence-electron chi connectivity index (χ4n) is 6.62. The summed E-state index contributed by atoms with van der Waals surface area (Å²) in [5.74, 6) is -12.5. The highest BCUT2D eigenvalue weighted by molar-refractivity contribution is 5.98. The summed E-state index contributed by atoms with van der Waals surface area (Å²) in [4.78, 5) is 131. The van der Waals surface area contributed by atoms with Gasteiger partial charge in [0.15, 0.2) is 6.04 Å². The number of hydrogen-bond acceptors (Lipinski definition) is 18. The molecule has 73 heavy (non-hydrogen) atoms. The van der Waals surface area contributed by atoms with E-state index in [2.05, 4.69) is 42.5 Å². The van der Waals surface area contributed by atoms with Crippen LogP contribution in [0.4, 0.5) is 0 Å². The van der Waals surface area contributed by atoms with Crippen molar-refractivity contribution in [2.75, 3.05) is 19.8 Å². The quantitative estimate of drug-likeness (QED) is 0.0346. The molecule has 0 saturated heterocycles. The predicted octanol–water partition coefficient (Wildman–Crippen LogP) is -7.17. The Kier molecular flexibility index (Phi) is 25.1. The zero-order chi connectivity index (χ0) is 55.3. The molecule has 404 valence electrons. The number of amides is 9. The van der Waals surface area contributed by atoms with E-state index in [9.17, 15) is 88.8 Å². The molecular weight excluding hydrogens is 969 g/mol. The largest absolute Gasteiger partial charge is 0.508 e. The monoisotopic (exact) mass is 1030 g/mol. The van der Waals surface area contributed by atoms with E-state index in [1.807, 2.05) is 0 Å². The van der Waals surface area contributed by atoms with Gasteiger partial charge in [0, 0.05) is 19.3 Å². The van der Waals surface area contributed by atoms with E-state index < -0.39 is 164 Å². The van der Waals surface area contributed by atoms with Crippen molar-refractivity contribution < 1.29 is 88.8 Å². The number of rotatable bonds is 30. The van der Waals surface area contributed by atoms with Gasteiger partial charge in [-0.2, -0.15) is 0 Å². The topological polar surface area (TPSA) is 481 Å². The number of benzene rings is 2. The molecule has 0 saturated carbocycles. The third kappa shape index (κ3) is 20.3. The second-order valence-corrected chi connectivity index (χ2v) is 17.2. The van der Waals surface area contributed by atoms with Crippen LogP contribution in [0.5, 0.6) is 11.5 Å². The summed E-state index contributed by atoms with van der Waals surface area (Å²) in [6.07, 6.45) is -4.83. The highest BCUT2D eigenvalue weighted by Crippen LogP contribution is 2.15. The molecule has 2 aromatic carbocycles. The third-order valence-electron chi connectivity index (χ3n) is 10.9. The molecule has 0 bridgehead atoms. The molecule has 0 radical (unpaired) electrons. The zero-order valence-corrected chi connectivity index (χ0v) is 40.3. The fourth-order valence-corrected chi connectivity index (χ4v) is 6.62. The molecule has 0 spiro atoms. The van der Waals surface area contributed by atoms with Crippen LogP contribution in [0.15, 0.2) is 48.5 Å². The summed E-state index contributed by atoms with van der Waals surface area (Å²) in [5.41, 5.74) is 11.4. The number of phenolic OH excluding ortho intramolecular Hbond substituents is 2. The fraction of sp³-hybridized carbons (Fsp3) is 0.511. The van der Waals surface area contributed by atoms with Crippen molar-refractivity contribution in [1.29, 1.82) is 0 Å². The van der Waals surface area contributed by atoms with Crippen molar-refractivity contribution in [3.63, 3.8) is 0 Å². The van der Waals surface area contributed by atoms with E-state index in [1.165, 1.54) is 62.4 Å². The number of nitrogens with two attached hydrogens (primary N) is 2. The minimum absolute atomic E-state index is 0.133. The lowest BCUT2D eigenvalue weighted by molar-refractivity contribution is -0.145. The summed E-state index contributed by atoms with van der Waals surface area (Å²) in [7, 11) is 0. The lowest BCUT2D eigenvalue weighted by atomic mass is 10.00. The number of carbonyl (C=O) groups is 10. The van der Waals surface area contributed by atoms with Gasteiger partial charge in [-0.05, 0) is 61.6 Å². The first-order valence-corrected chi connectivity index (χ1v) is 22.7. The summed E-state index contributed by atoms with van der Waals surface area (Å²) in [6, 6.07) is -4.56. The number of carboxylic acid groups (broad SMARTS) is 1. The maximum Gasteiger partial charge on any atom is 0.328 e. The van der Waals surface area contributed by atoms with Gasteiger partial charge in [0.2, 0.25) is 53.2 Å².